The number of carbonyl (C=O) groups is 1. The largest absolute Gasteiger partial charge is 0.408 e. The van der Waals surface area contributed by atoms with Crippen LogP contribution in [0.3, 0.4) is 0 Å². The first-order valence-corrected chi connectivity index (χ1v) is 10.2. The average molecular weight is 311 g/mol. The van der Waals surface area contributed by atoms with Gasteiger partial charge in [0.25, 0.3) is 0 Å². The second-order valence-corrected chi connectivity index (χ2v) is 11.6. The molecule has 1 unspecified atom stereocenters. The van der Waals surface area contributed by atoms with Gasteiger partial charge in [0.05, 0.1) is 17.7 Å². The molecule has 0 aromatic rings. The Morgan fingerprint density at radius 1 is 1.43 bits per heavy atom. The number of nitrogens with two attached hydrogens (primary N) is 1. The Kier molecular flexibility index (Phi) is 7.26. The molecule has 0 spiro atoms. The van der Waals surface area contributed by atoms with Crippen molar-refractivity contribution in [3.63, 3.8) is 0 Å². The van der Waals surface area contributed by atoms with Gasteiger partial charge in [0.1, 0.15) is 0 Å². The molecule has 0 aromatic carbocycles. The number of primary amides is 1. The van der Waals surface area contributed by atoms with Gasteiger partial charge in [-0.05, 0) is 30.6 Å². The van der Waals surface area contributed by atoms with Gasteiger partial charge in [-0.3, -0.25) is 4.79 Å². The maximum atomic E-state index is 11.0. The summed E-state index contributed by atoms with van der Waals surface area (Å²) >= 11 is 0. The van der Waals surface area contributed by atoms with Crippen molar-refractivity contribution >= 4 is 19.9 Å². The van der Waals surface area contributed by atoms with Crippen LogP contribution < -0.4 is 5.73 Å². The second-order valence-electron chi connectivity index (χ2n) is 6.88. The number of hydrogen-bond acceptors (Lipinski definition) is 3. The van der Waals surface area contributed by atoms with E-state index in [2.05, 4.69) is 40.4 Å². The van der Waals surface area contributed by atoms with Gasteiger partial charge in [-0.15, -0.1) is 0 Å². The third-order valence-corrected chi connectivity index (χ3v) is 8.52. The summed E-state index contributed by atoms with van der Waals surface area (Å²) < 4.78 is 6.27. The molecule has 4 nitrogen and oxygen atoms in total. The molecule has 0 fully saturated rings. The van der Waals surface area contributed by atoms with E-state index in [9.17, 15) is 4.79 Å². The minimum absolute atomic E-state index is 0.0803. The molecule has 120 valence electrons. The molecule has 0 aliphatic heterocycles. The summed E-state index contributed by atoms with van der Waals surface area (Å²) in [6.07, 6.45) is 5.38. The number of amides is 1. The number of carbonyl (C=O) groups excluding carboxylic acids is 1. The van der Waals surface area contributed by atoms with Crippen LogP contribution in [-0.2, 0) is 9.22 Å². The molecular formula is C16H30N2O2Si. The highest BCUT2D eigenvalue weighted by Crippen LogP contribution is 2.37. The van der Waals surface area contributed by atoms with Crippen molar-refractivity contribution in [2.75, 3.05) is 0 Å². The van der Waals surface area contributed by atoms with Crippen LogP contribution in [0, 0.1) is 11.3 Å². The van der Waals surface area contributed by atoms with Crippen LogP contribution in [0.1, 0.15) is 34.1 Å². The molecule has 0 aliphatic rings. The standard InChI is InChI=1S/C16H30N2O2Si/c1-8-13(17)14(11-9-10-12(2)15(18)19)20-21(6,7)16(3,4)5/h8-10,12,14,17H,1,11H2,2-7H3,(H2,18,19)/b10-9+,17-13?/t12-,14?/m1/s1. The van der Waals surface area contributed by atoms with Gasteiger partial charge < -0.3 is 15.6 Å². The molecule has 3 N–H and O–H groups in total. The predicted octanol–water partition coefficient (Wildman–Crippen LogP) is 3.65. The van der Waals surface area contributed by atoms with Crippen molar-refractivity contribution in [1.29, 1.82) is 5.41 Å². The lowest BCUT2D eigenvalue weighted by Crippen LogP contribution is -2.45. The molecule has 0 bridgehead atoms. The van der Waals surface area contributed by atoms with Crippen LogP contribution in [0.15, 0.2) is 24.8 Å². The smallest absolute Gasteiger partial charge is 0.224 e. The predicted molar refractivity (Wildman–Crippen MR) is 92.1 cm³/mol. The molecule has 0 heterocycles. The van der Waals surface area contributed by atoms with Crippen LogP contribution in [-0.4, -0.2) is 26.0 Å². The van der Waals surface area contributed by atoms with E-state index in [1.807, 2.05) is 6.08 Å². The number of hydrogen-bond donors (Lipinski definition) is 2. The summed E-state index contributed by atoms with van der Waals surface area (Å²) in [5, 5.41) is 8.08. The van der Waals surface area contributed by atoms with Crippen LogP contribution >= 0.6 is 0 Å². The fourth-order valence-corrected chi connectivity index (χ4v) is 2.69. The second kappa shape index (κ2) is 7.71. The van der Waals surface area contributed by atoms with E-state index in [0.29, 0.717) is 12.1 Å². The van der Waals surface area contributed by atoms with Crippen LogP contribution in [0.2, 0.25) is 18.1 Å². The first-order chi connectivity index (χ1) is 9.42. The van der Waals surface area contributed by atoms with E-state index < -0.39 is 8.32 Å². The fraction of sp³-hybridized carbons (Fsp3) is 0.625. The van der Waals surface area contributed by atoms with Crippen molar-refractivity contribution in [1.82, 2.24) is 0 Å². The third kappa shape index (κ3) is 6.40. The minimum atomic E-state index is -1.96. The van der Waals surface area contributed by atoms with Gasteiger partial charge in [-0.2, -0.15) is 0 Å². The molecule has 1 amide bonds. The highest BCUT2D eigenvalue weighted by atomic mass is 28.4. The molecule has 0 saturated heterocycles. The summed E-state index contributed by atoms with van der Waals surface area (Å²) in [4.78, 5) is 11.0. The van der Waals surface area contributed by atoms with E-state index in [4.69, 9.17) is 15.6 Å². The van der Waals surface area contributed by atoms with Crippen molar-refractivity contribution in [3.05, 3.63) is 24.8 Å². The van der Waals surface area contributed by atoms with Gasteiger partial charge in [-0.1, -0.05) is 46.4 Å². The maximum Gasteiger partial charge on any atom is 0.224 e. The van der Waals surface area contributed by atoms with Gasteiger partial charge in [0, 0.05) is 0 Å². The summed E-state index contributed by atoms with van der Waals surface area (Å²) in [5.74, 6) is -0.664. The molecule has 0 aromatic heterocycles. The van der Waals surface area contributed by atoms with E-state index in [0.717, 1.165) is 0 Å². The van der Waals surface area contributed by atoms with Gasteiger partial charge >= 0.3 is 0 Å². The van der Waals surface area contributed by atoms with E-state index in [-0.39, 0.29) is 23.0 Å². The number of nitrogens with one attached hydrogen (secondary N) is 1. The summed E-state index contributed by atoms with van der Waals surface area (Å²) in [6, 6.07) is 0. The molecule has 5 heteroatoms. The first kappa shape index (κ1) is 19.8. The van der Waals surface area contributed by atoms with Crippen LogP contribution in [0.25, 0.3) is 0 Å². The Hall–Kier alpha value is -1.20. The lowest BCUT2D eigenvalue weighted by Gasteiger charge is -2.39. The van der Waals surface area contributed by atoms with Gasteiger partial charge in [0.15, 0.2) is 8.32 Å². The zero-order valence-corrected chi connectivity index (χ0v) is 15.2. The Balaban J connectivity index is 4.96. The molecule has 0 rings (SSSR count). The van der Waals surface area contributed by atoms with Crippen LogP contribution in [0.5, 0.6) is 0 Å². The molecule has 0 saturated carbocycles. The van der Waals surface area contributed by atoms with Crippen molar-refractivity contribution in [3.8, 4) is 0 Å². The topological polar surface area (TPSA) is 76.2 Å². The maximum absolute atomic E-state index is 11.0. The van der Waals surface area contributed by atoms with E-state index in [1.165, 1.54) is 6.08 Å². The third-order valence-electron chi connectivity index (χ3n) is 4.03. The molecule has 21 heavy (non-hydrogen) atoms. The van der Waals surface area contributed by atoms with Crippen molar-refractivity contribution < 1.29 is 9.22 Å². The SMILES string of the molecule is C=CC(=N)C(C/C=C/[C@@H](C)C(N)=O)O[Si](C)(C)C(C)(C)C. The van der Waals surface area contributed by atoms with E-state index >= 15 is 0 Å². The monoisotopic (exact) mass is 310 g/mol. The Morgan fingerprint density at radius 3 is 2.33 bits per heavy atom. The van der Waals surface area contributed by atoms with Crippen LogP contribution in [0.4, 0.5) is 0 Å². The quantitative estimate of drug-likeness (QED) is 0.408. The minimum Gasteiger partial charge on any atom is -0.408 e. The van der Waals surface area contributed by atoms with Gasteiger partial charge in [0.2, 0.25) is 5.91 Å². The Morgan fingerprint density at radius 2 is 1.95 bits per heavy atom. The Bertz CT molecular complexity index is 422. The highest BCUT2D eigenvalue weighted by Gasteiger charge is 2.39. The summed E-state index contributed by atoms with van der Waals surface area (Å²) in [5.41, 5.74) is 5.60. The molecule has 0 radical (unpaired) electrons. The zero-order valence-electron chi connectivity index (χ0n) is 14.2. The summed E-state index contributed by atoms with van der Waals surface area (Å²) in [7, 11) is -1.96. The lowest BCUT2D eigenvalue weighted by molar-refractivity contribution is -0.120. The molecule has 0 aliphatic carbocycles. The average Bonchev–Trinajstić information content (AvgIpc) is 2.34. The lowest BCUT2D eigenvalue weighted by atomic mass is 10.1. The van der Waals surface area contributed by atoms with Crippen molar-refractivity contribution in [2.45, 2.75) is 58.4 Å². The fourth-order valence-electron chi connectivity index (χ4n) is 1.40. The highest BCUT2D eigenvalue weighted by molar-refractivity contribution is 6.74. The molecular weight excluding hydrogens is 280 g/mol. The molecule has 2 atom stereocenters. The van der Waals surface area contributed by atoms with Gasteiger partial charge in [-0.25, -0.2) is 0 Å². The first-order valence-electron chi connectivity index (χ1n) is 7.27. The normalized spacial score (nSPS) is 15.7. The number of rotatable bonds is 8. The van der Waals surface area contributed by atoms with E-state index in [1.54, 1.807) is 13.0 Å². The summed E-state index contributed by atoms with van der Waals surface area (Å²) in [6.45, 7) is 16.2. The van der Waals surface area contributed by atoms with Crippen molar-refractivity contribution in [2.24, 2.45) is 11.7 Å². The Labute approximate surface area is 130 Å². The zero-order chi connectivity index (χ0) is 16.8.